The van der Waals surface area contributed by atoms with Crippen LogP contribution in [0.1, 0.15) is 46.5 Å². The lowest BCUT2D eigenvalue weighted by molar-refractivity contribution is -0.261. The van der Waals surface area contributed by atoms with Crippen LogP contribution in [0, 0.1) is 34.5 Å². The second-order valence-corrected chi connectivity index (χ2v) is 9.84. The van der Waals surface area contributed by atoms with Crippen LogP contribution in [0.3, 0.4) is 0 Å². The van der Waals surface area contributed by atoms with Gasteiger partial charge in [0.05, 0.1) is 6.61 Å². The zero-order valence-corrected chi connectivity index (χ0v) is 17.2. The first-order valence-electron chi connectivity index (χ1n) is 10.4. The number of hydrogen-bond acceptors (Lipinski definition) is 4. The summed E-state index contributed by atoms with van der Waals surface area (Å²) in [4.78, 5) is 20.0. The van der Waals surface area contributed by atoms with Crippen LogP contribution >= 0.6 is 0 Å². The van der Waals surface area contributed by atoms with Gasteiger partial charge in [0.2, 0.25) is 6.43 Å². The van der Waals surface area contributed by atoms with Gasteiger partial charge in [-0.25, -0.2) is 18.0 Å². The first-order chi connectivity index (χ1) is 13.7. The van der Waals surface area contributed by atoms with Gasteiger partial charge < -0.3 is 14.3 Å². The summed E-state index contributed by atoms with van der Waals surface area (Å²) in [6.07, 6.45) is -1.09. The molecule has 3 fully saturated rings. The molecule has 0 aromatic heterocycles. The van der Waals surface area contributed by atoms with Crippen LogP contribution in [-0.2, 0) is 19.1 Å². The molecule has 29 heavy (non-hydrogen) atoms. The molecule has 2 aliphatic heterocycles. The number of fused-ring (bicyclic) bond motifs is 2. The van der Waals surface area contributed by atoms with E-state index in [0.717, 1.165) is 24.0 Å². The Morgan fingerprint density at radius 2 is 1.93 bits per heavy atom. The molecule has 1 spiro atoms. The monoisotopic (exact) mass is 414 g/mol. The maximum absolute atomic E-state index is 15.8. The van der Waals surface area contributed by atoms with E-state index >= 15 is 4.39 Å². The van der Waals surface area contributed by atoms with E-state index in [2.05, 4.69) is 6.92 Å². The lowest BCUT2D eigenvalue weighted by atomic mass is 9.48. The Labute approximate surface area is 169 Å². The van der Waals surface area contributed by atoms with Crippen molar-refractivity contribution < 1.29 is 32.2 Å². The minimum absolute atomic E-state index is 0.0575. The van der Waals surface area contributed by atoms with Crippen LogP contribution < -0.4 is 0 Å². The number of cyclic esters (lactones) is 1. The second-order valence-electron chi connectivity index (χ2n) is 9.84. The predicted molar refractivity (Wildman–Crippen MR) is 99.0 cm³/mol. The molecule has 2 saturated carbocycles. The van der Waals surface area contributed by atoms with Crippen molar-refractivity contribution >= 4 is 12.8 Å². The van der Waals surface area contributed by atoms with E-state index in [4.69, 9.17) is 14.3 Å². The third kappa shape index (κ3) is 2.37. The maximum Gasteiger partial charge on any atom is 0.334 e. The van der Waals surface area contributed by atoms with Crippen LogP contribution in [0.15, 0.2) is 11.1 Å². The second kappa shape index (κ2) is 6.56. The first-order valence-corrected chi connectivity index (χ1v) is 10.4. The smallest absolute Gasteiger partial charge is 0.334 e. The Bertz CT molecular complexity index is 754. The van der Waals surface area contributed by atoms with Gasteiger partial charge in [0, 0.05) is 28.7 Å². The highest BCUT2D eigenvalue weighted by molar-refractivity contribution is 5.92. The molecule has 3 aliphatic carbocycles. The van der Waals surface area contributed by atoms with Gasteiger partial charge in [-0.2, -0.15) is 0 Å². The molecule has 0 aromatic carbocycles. The average Bonchev–Trinajstić information content (AvgIpc) is 3.34. The molecule has 7 heteroatoms. The highest BCUT2D eigenvalue weighted by Crippen LogP contribution is 2.81. The SMILES string of the molecule is C=O.CC(C(F)F)C1C[C@@H]2C[C@@]23[C@@]2(C)CCC4=C(COC4=O)C2CO[C@]3(C)[C@@H]1F. The quantitative estimate of drug-likeness (QED) is 0.638. The van der Waals surface area contributed by atoms with Gasteiger partial charge in [-0.05, 0) is 49.5 Å². The summed E-state index contributed by atoms with van der Waals surface area (Å²) >= 11 is 0. The molecular formula is C22H29F3O4. The highest BCUT2D eigenvalue weighted by atomic mass is 19.3. The van der Waals surface area contributed by atoms with Gasteiger partial charge in [-0.1, -0.05) is 13.8 Å². The number of ether oxygens (including phenoxy) is 2. The van der Waals surface area contributed by atoms with Crippen LogP contribution in [0.25, 0.3) is 0 Å². The minimum atomic E-state index is -2.51. The summed E-state index contributed by atoms with van der Waals surface area (Å²) in [6.45, 7) is 8.16. The highest BCUT2D eigenvalue weighted by Gasteiger charge is 2.81. The Balaban J connectivity index is 0.000000994. The lowest BCUT2D eigenvalue weighted by Crippen LogP contribution is -2.67. The van der Waals surface area contributed by atoms with Crippen molar-refractivity contribution in [3.63, 3.8) is 0 Å². The van der Waals surface area contributed by atoms with Crippen LogP contribution in [0.4, 0.5) is 13.2 Å². The molecule has 0 amide bonds. The largest absolute Gasteiger partial charge is 0.458 e. The Morgan fingerprint density at radius 1 is 1.24 bits per heavy atom. The van der Waals surface area contributed by atoms with Crippen molar-refractivity contribution in [2.75, 3.05) is 13.2 Å². The molecule has 0 radical (unpaired) electrons. The van der Waals surface area contributed by atoms with Crippen LogP contribution in [0.5, 0.6) is 0 Å². The van der Waals surface area contributed by atoms with Crippen molar-refractivity contribution in [1.82, 2.24) is 0 Å². The molecule has 4 nitrogen and oxygen atoms in total. The molecule has 2 heterocycles. The Morgan fingerprint density at radius 3 is 2.59 bits per heavy atom. The summed E-state index contributed by atoms with van der Waals surface area (Å²) in [5.74, 6) is -1.57. The van der Waals surface area contributed by atoms with Crippen molar-refractivity contribution in [3.8, 4) is 0 Å². The molecule has 162 valence electrons. The van der Waals surface area contributed by atoms with Gasteiger partial charge >= 0.3 is 5.97 Å². The van der Waals surface area contributed by atoms with Crippen molar-refractivity contribution in [1.29, 1.82) is 0 Å². The van der Waals surface area contributed by atoms with E-state index in [1.807, 2.05) is 13.7 Å². The number of esters is 1. The molecule has 1 saturated heterocycles. The van der Waals surface area contributed by atoms with E-state index in [1.165, 1.54) is 6.92 Å². The number of halogens is 3. The van der Waals surface area contributed by atoms with E-state index in [-0.39, 0.29) is 28.6 Å². The lowest BCUT2D eigenvalue weighted by Gasteiger charge is -2.62. The summed E-state index contributed by atoms with van der Waals surface area (Å²) in [7, 11) is 0. The van der Waals surface area contributed by atoms with E-state index in [0.29, 0.717) is 26.1 Å². The zero-order valence-electron chi connectivity index (χ0n) is 17.2. The standard InChI is InChI=1S/C21H27F3O3.CH2O/c1-10(17(23)24)13-6-11-7-21(11)19(2)5-4-12-14(8-26-18(12)25)15(19)9-27-20(21,3)16(13)22;1-2/h10-11,13,15-17H,4-9H2,1-3H3;1H2/t10?,11-,13?,15?,16-,19+,20-,21+;/m1./s1. The molecule has 5 rings (SSSR count). The van der Waals surface area contributed by atoms with Gasteiger partial charge in [0.1, 0.15) is 25.2 Å². The van der Waals surface area contributed by atoms with E-state index in [9.17, 15) is 13.6 Å². The fourth-order valence-electron chi connectivity index (χ4n) is 7.51. The van der Waals surface area contributed by atoms with E-state index < -0.39 is 30.0 Å². The van der Waals surface area contributed by atoms with Crippen LogP contribution in [0.2, 0.25) is 0 Å². The fraction of sp³-hybridized carbons (Fsp3) is 0.818. The van der Waals surface area contributed by atoms with Gasteiger partial charge in [-0.15, -0.1) is 0 Å². The van der Waals surface area contributed by atoms with Gasteiger partial charge in [0.25, 0.3) is 0 Å². The van der Waals surface area contributed by atoms with Gasteiger partial charge in [0.15, 0.2) is 0 Å². The molecule has 5 aliphatic rings. The Hall–Kier alpha value is -1.37. The average molecular weight is 414 g/mol. The third-order valence-corrected chi connectivity index (χ3v) is 9.17. The fourth-order valence-corrected chi connectivity index (χ4v) is 7.51. The number of alkyl halides is 3. The molecular weight excluding hydrogens is 385 g/mol. The van der Waals surface area contributed by atoms with Crippen molar-refractivity contribution in [2.45, 2.75) is 64.7 Å². The minimum Gasteiger partial charge on any atom is -0.458 e. The van der Waals surface area contributed by atoms with E-state index in [1.54, 1.807) is 0 Å². The molecule has 0 bridgehead atoms. The third-order valence-electron chi connectivity index (χ3n) is 9.17. The summed E-state index contributed by atoms with van der Waals surface area (Å²) in [5.41, 5.74) is 0.284. The van der Waals surface area contributed by atoms with Crippen molar-refractivity contribution in [2.24, 2.45) is 34.5 Å². The molecule has 3 unspecified atom stereocenters. The number of carbonyl (C=O) groups excluding carboxylic acids is 2. The predicted octanol–water partition coefficient (Wildman–Crippen LogP) is 4.13. The van der Waals surface area contributed by atoms with Crippen LogP contribution in [-0.4, -0.2) is 44.2 Å². The summed E-state index contributed by atoms with van der Waals surface area (Å²) in [6, 6.07) is 0. The van der Waals surface area contributed by atoms with Crippen molar-refractivity contribution in [3.05, 3.63) is 11.1 Å². The molecule has 0 aromatic rings. The first kappa shape index (κ1) is 20.9. The molecule has 0 N–H and O–H groups in total. The number of rotatable bonds is 2. The number of hydrogen-bond donors (Lipinski definition) is 0. The maximum atomic E-state index is 15.8. The summed E-state index contributed by atoms with van der Waals surface area (Å²) in [5, 5.41) is 0. The number of carbonyl (C=O) groups is 2. The topological polar surface area (TPSA) is 52.6 Å². The van der Waals surface area contributed by atoms with Gasteiger partial charge in [-0.3, -0.25) is 0 Å². The summed E-state index contributed by atoms with van der Waals surface area (Å²) < 4.78 is 54.0. The zero-order chi connectivity index (χ0) is 21.4. The Kier molecular flexibility index (Phi) is 4.73. The molecule has 8 atom stereocenters. The normalized spacial score (nSPS) is 48.4.